The lowest BCUT2D eigenvalue weighted by Gasteiger charge is -2.36. The van der Waals surface area contributed by atoms with Crippen molar-refractivity contribution in [2.75, 3.05) is 33.3 Å². The molecular formula is C16H28N4O. The first kappa shape index (κ1) is 14.9. The summed E-state index contributed by atoms with van der Waals surface area (Å²) in [6.07, 6.45) is 5.40. The summed E-state index contributed by atoms with van der Waals surface area (Å²) in [7, 11) is 3.69. The Kier molecular flexibility index (Phi) is 4.50. The molecule has 3 rings (SSSR count). The fraction of sp³-hybridized carbons (Fsp3) is 0.812. The van der Waals surface area contributed by atoms with Gasteiger partial charge in [-0.15, -0.1) is 0 Å². The molecule has 0 radical (unpaired) electrons. The third kappa shape index (κ3) is 3.09. The summed E-state index contributed by atoms with van der Waals surface area (Å²) in [5.74, 6) is 0.911. The molecule has 0 bridgehead atoms. The predicted octanol–water partition coefficient (Wildman–Crippen LogP) is 1.80. The molecule has 5 nitrogen and oxygen atoms in total. The van der Waals surface area contributed by atoms with E-state index in [0.717, 1.165) is 24.2 Å². The molecule has 2 aliphatic rings. The van der Waals surface area contributed by atoms with Gasteiger partial charge < -0.3 is 9.64 Å². The van der Waals surface area contributed by atoms with Gasteiger partial charge in [0.15, 0.2) is 0 Å². The number of nitrogens with zero attached hydrogens (tertiary/aromatic N) is 4. The van der Waals surface area contributed by atoms with Gasteiger partial charge in [0.2, 0.25) is 5.88 Å². The predicted molar refractivity (Wildman–Crippen MR) is 83.6 cm³/mol. The van der Waals surface area contributed by atoms with Crippen LogP contribution in [0.5, 0.6) is 5.88 Å². The highest BCUT2D eigenvalue weighted by Gasteiger charge is 2.27. The lowest BCUT2D eigenvalue weighted by molar-refractivity contribution is 0.122. The largest absolute Gasteiger partial charge is 0.481 e. The maximum absolute atomic E-state index is 5.51. The Balaban J connectivity index is 1.58. The molecule has 0 saturated carbocycles. The third-order valence-corrected chi connectivity index (χ3v) is 5.08. The van der Waals surface area contributed by atoms with E-state index >= 15 is 0 Å². The van der Waals surface area contributed by atoms with Crippen LogP contribution in [0.25, 0.3) is 0 Å². The van der Waals surface area contributed by atoms with Crippen molar-refractivity contribution in [3.8, 4) is 5.88 Å². The lowest BCUT2D eigenvalue weighted by Crippen LogP contribution is -2.43. The van der Waals surface area contributed by atoms with E-state index in [1.165, 1.54) is 57.4 Å². The van der Waals surface area contributed by atoms with Gasteiger partial charge in [0.05, 0.1) is 18.4 Å². The molecule has 0 unspecified atom stereocenters. The first-order valence-electron chi connectivity index (χ1n) is 8.22. The van der Waals surface area contributed by atoms with Crippen LogP contribution < -0.4 is 4.74 Å². The van der Waals surface area contributed by atoms with Gasteiger partial charge >= 0.3 is 0 Å². The normalized spacial score (nSPS) is 22.0. The second kappa shape index (κ2) is 6.36. The highest BCUT2D eigenvalue weighted by Crippen LogP contribution is 2.26. The van der Waals surface area contributed by atoms with E-state index < -0.39 is 0 Å². The molecule has 0 aromatic carbocycles. The molecule has 5 heteroatoms. The zero-order valence-corrected chi connectivity index (χ0v) is 13.6. The second-order valence-corrected chi connectivity index (χ2v) is 6.45. The average molecular weight is 292 g/mol. The number of hydrogen-bond donors (Lipinski definition) is 0. The molecule has 1 aromatic heterocycles. The van der Waals surface area contributed by atoms with Gasteiger partial charge in [-0.25, -0.2) is 4.68 Å². The van der Waals surface area contributed by atoms with E-state index in [1.807, 2.05) is 11.7 Å². The number of methoxy groups -OCH3 is 1. The van der Waals surface area contributed by atoms with Crippen LogP contribution in [0.1, 0.15) is 36.9 Å². The SMILES string of the molecule is COc1c(CN2CCC(N3CCCC3)CC2)c(C)nn1C. The minimum Gasteiger partial charge on any atom is -0.481 e. The molecule has 2 saturated heterocycles. The van der Waals surface area contributed by atoms with Crippen molar-refractivity contribution in [3.05, 3.63) is 11.3 Å². The van der Waals surface area contributed by atoms with Crippen molar-refractivity contribution in [1.29, 1.82) is 0 Å². The van der Waals surface area contributed by atoms with Crippen molar-refractivity contribution >= 4 is 0 Å². The molecule has 2 fully saturated rings. The Morgan fingerprint density at radius 3 is 2.43 bits per heavy atom. The molecule has 2 aliphatic heterocycles. The van der Waals surface area contributed by atoms with Crippen molar-refractivity contribution in [2.45, 2.75) is 45.2 Å². The maximum atomic E-state index is 5.51. The minimum absolute atomic E-state index is 0.820. The smallest absolute Gasteiger partial charge is 0.216 e. The topological polar surface area (TPSA) is 33.5 Å². The maximum Gasteiger partial charge on any atom is 0.216 e. The average Bonchev–Trinajstić information content (AvgIpc) is 3.09. The van der Waals surface area contributed by atoms with Crippen LogP contribution in [0.4, 0.5) is 0 Å². The Morgan fingerprint density at radius 2 is 1.81 bits per heavy atom. The number of piperidine rings is 1. The molecule has 0 N–H and O–H groups in total. The number of likely N-dealkylation sites (tertiary alicyclic amines) is 2. The highest BCUT2D eigenvalue weighted by atomic mass is 16.5. The van der Waals surface area contributed by atoms with Crippen LogP contribution in [0, 0.1) is 6.92 Å². The van der Waals surface area contributed by atoms with Crippen molar-refractivity contribution < 1.29 is 4.74 Å². The molecule has 3 heterocycles. The van der Waals surface area contributed by atoms with Crippen LogP contribution in [0.2, 0.25) is 0 Å². The zero-order chi connectivity index (χ0) is 14.8. The monoisotopic (exact) mass is 292 g/mol. The summed E-state index contributed by atoms with van der Waals surface area (Å²) in [5, 5.41) is 4.48. The molecule has 0 spiro atoms. The summed E-state index contributed by atoms with van der Waals surface area (Å²) in [5.41, 5.74) is 2.34. The Hall–Kier alpha value is -1.07. The van der Waals surface area contributed by atoms with Crippen LogP contribution in [0.15, 0.2) is 0 Å². The van der Waals surface area contributed by atoms with Gasteiger partial charge in [0, 0.05) is 19.6 Å². The fourth-order valence-corrected chi connectivity index (χ4v) is 3.89. The Bertz CT molecular complexity index is 471. The molecule has 1 aromatic rings. The van der Waals surface area contributed by atoms with Crippen LogP contribution in [0.3, 0.4) is 0 Å². The Labute approximate surface area is 127 Å². The number of rotatable bonds is 4. The van der Waals surface area contributed by atoms with Gasteiger partial charge in [0.1, 0.15) is 0 Å². The number of ether oxygens (including phenoxy) is 1. The van der Waals surface area contributed by atoms with Crippen LogP contribution in [-0.2, 0) is 13.6 Å². The molecule has 0 atom stereocenters. The number of aromatic nitrogens is 2. The summed E-state index contributed by atoms with van der Waals surface area (Å²) in [4.78, 5) is 5.26. The van der Waals surface area contributed by atoms with E-state index in [4.69, 9.17) is 4.74 Å². The van der Waals surface area contributed by atoms with Gasteiger partial charge in [0.25, 0.3) is 0 Å². The summed E-state index contributed by atoms with van der Waals surface area (Å²) in [6, 6.07) is 0.820. The standard InChI is InChI=1S/C16H28N4O/c1-13-15(16(21-3)18(2)17-13)12-19-10-6-14(7-11-19)20-8-4-5-9-20/h14H,4-12H2,1-3H3. The van der Waals surface area contributed by atoms with Crippen molar-refractivity contribution in [3.63, 3.8) is 0 Å². The quantitative estimate of drug-likeness (QED) is 0.847. The van der Waals surface area contributed by atoms with E-state index in [0.29, 0.717) is 0 Å². The van der Waals surface area contributed by atoms with Gasteiger partial charge in [-0.3, -0.25) is 4.90 Å². The molecule has 118 valence electrons. The molecule has 0 aliphatic carbocycles. The Morgan fingerprint density at radius 1 is 1.14 bits per heavy atom. The number of hydrogen-bond acceptors (Lipinski definition) is 4. The van der Waals surface area contributed by atoms with Gasteiger partial charge in [-0.2, -0.15) is 5.10 Å². The number of aryl methyl sites for hydroxylation is 2. The second-order valence-electron chi connectivity index (χ2n) is 6.45. The van der Waals surface area contributed by atoms with Crippen molar-refractivity contribution in [2.24, 2.45) is 7.05 Å². The first-order chi connectivity index (χ1) is 10.2. The van der Waals surface area contributed by atoms with Gasteiger partial charge in [-0.05, 0) is 58.8 Å². The molecule has 0 amide bonds. The van der Waals surface area contributed by atoms with Crippen molar-refractivity contribution in [1.82, 2.24) is 19.6 Å². The van der Waals surface area contributed by atoms with E-state index in [1.54, 1.807) is 7.11 Å². The van der Waals surface area contributed by atoms with E-state index in [9.17, 15) is 0 Å². The first-order valence-corrected chi connectivity index (χ1v) is 8.22. The highest BCUT2D eigenvalue weighted by molar-refractivity contribution is 5.30. The van der Waals surface area contributed by atoms with E-state index in [-0.39, 0.29) is 0 Å². The minimum atomic E-state index is 0.820. The molecular weight excluding hydrogens is 264 g/mol. The summed E-state index contributed by atoms with van der Waals surface area (Å²) < 4.78 is 7.36. The van der Waals surface area contributed by atoms with Crippen LogP contribution >= 0.6 is 0 Å². The zero-order valence-electron chi connectivity index (χ0n) is 13.6. The van der Waals surface area contributed by atoms with Crippen LogP contribution in [-0.4, -0.2) is 58.9 Å². The lowest BCUT2D eigenvalue weighted by atomic mass is 10.0. The summed E-state index contributed by atoms with van der Waals surface area (Å²) >= 11 is 0. The fourth-order valence-electron chi connectivity index (χ4n) is 3.89. The molecule has 21 heavy (non-hydrogen) atoms. The summed E-state index contributed by atoms with van der Waals surface area (Å²) in [6.45, 7) is 8.07. The third-order valence-electron chi connectivity index (χ3n) is 5.08. The van der Waals surface area contributed by atoms with E-state index in [2.05, 4.69) is 21.8 Å². The van der Waals surface area contributed by atoms with Gasteiger partial charge in [-0.1, -0.05) is 0 Å².